The van der Waals surface area contributed by atoms with Crippen LogP contribution in [-0.4, -0.2) is 37.6 Å². The third kappa shape index (κ3) is 3.18. The molecule has 1 atom stereocenters. The fraction of sp³-hybridized carbons (Fsp3) is 1.00. The normalized spacial score (nSPS) is 30.2. The van der Waals surface area contributed by atoms with Gasteiger partial charge in [0.2, 0.25) is 0 Å². The fourth-order valence-electron chi connectivity index (χ4n) is 3.04. The molecule has 2 aliphatic rings. The molecule has 2 aliphatic heterocycles. The van der Waals surface area contributed by atoms with Crippen molar-refractivity contribution in [3.63, 3.8) is 0 Å². The lowest BCUT2D eigenvalue weighted by Gasteiger charge is -2.35. The van der Waals surface area contributed by atoms with E-state index in [0.29, 0.717) is 0 Å². The predicted molar refractivity (Wildman–Crippen MR) is 65.0 cm³/mol. The SMILES string of the molecule is CC(C)C1CCN(C[C@@H]2CCNC2)CC1. The summed E-state index contributed by atoms with van der Waals surface area (Å²) in [5, 5.41) is 3.46. The Balaban J connectivity index is 1.68. The van der Waals surface area contributed by atoms with Crippen molar-refractivity contribution in [2.45, 2.75) is 33.1 Å². The van der Waals surface area contributed by atoms with Crippen molar-refractivity contribution in [3.8, 4) is 0 Å². The molecule has 88 valence electrons. The van der Waals surface area contributed by atoms with Crippen molar-refractivity contribution in [2.24, 2.45) is 17.8 Å². The van der Waals surface area contributed by atoms with E-state index in [1.165, 1.54) is 52.0 Å². The van der Waals surface area contributed by atoms with Crippen LogP contribution in [0.4, 0.5) is 0 Å². The molecule has 2 nitrogen and oxygen atoms in total. The number of hydrogen-bond donors (Lipinski definition) is 1. The second kappa shape index (κ2) is 5.31. The number of rotatable bonds is 3. The van der Waals surface area contributed by atoms with Gasteiger partial charge in [-0.3, -0.25) is 0 Å². The van der Waals surface area contributed by atoms with Crippen molar-refractivity contribution in [2.75, 3.05) is 32.7 Å². The van der Waals surface area contributed by atoms with Gasteiger partial charge in [-0.15, -0.1) is 0 Å². The second-order valence-electron chi connectivity index (χ2n) is 5.74. The highest BCUT2D eigenvalue weighted by atomic mass is 15.1. The monoisotopic (exact) mass is 210 g/mol. The summed E-state index contributed by atoms with van der Waals surface area (Å²) in [4.78, 5) is 2.69. The lowest BCUT2D eigenvalue weighted by atomic mass is 9.86. The predicted octanol–water partition coefficient (Wildman–Crippen LogP) is 1.96. The average molecular weight is 210 g/mol. The van der Waals surface area contributed by atoms with Crippen LogP contribution in [0.15, 0.2) is 0 Å². The molecule has 0 bridgehead atoms. The minimum Gasteiger partial charge on any atom is -0.316 e. The van der Waals surface area contributed by atoms with Gasteiger partial charge in [-0.05, 0) is 63.2 Å². The highest BCUT2D eigenvalue weighted by molar-refractivity contribution is 4.79. The van der Waals surface area contributed by atoms with Crippen LogP contribution in [0.1, 0.15) is 33.1 Å². The second-order valence-corrected chi connectivity index (χ2v) is 5.74. The van der Waals surface area contributed by atoms with E-state index in [1.54, 1.807) is 0 Å². The Kier molecular flexibility index (Phi) is 4.04. The summed E-state index contributed by atoms with van der Waals surface area (Å²) in [6, 6.07) is 0. The summed E-state index contributed by atoms with van der Waals surface area (Å²) in [5.41, 5.74) is 0. The van der Waals surface area contributed by atoms with Gasteiger partial charge in [0, 0.05) is 6.54 Å². The zero-order valence-electron chi connectivity index (χ0n) is 10.3. The van der Waals surface area contributed by atoms with Crippen LogP contribution in [-0.2, 0) is 0 Å². The van der Waals surface area contributed by atoms with Gasteiger partial charge in [0.1, 0.15) is 0 Å². The summed E-state index contributed by atoms with van der Waals surface area (Å²) in [6.07, 6.45) is 4.25. The molecule has 0 aliphatic carbocycles. The molecule has 2 rings (SSSR count). The molecule has 0 aromatic carbocycles. The zero-order chi connectivity index (χ0) is 10.7. The molecule has 0 saturated carbocycles. The lowest BCUT2D eigenvalue weighted by Crippen LogP contribution is -2.38. The summed E-state index contributed by atoms with van der Waals surface area (Å²) in [6.45, 7) is 11.3. The molecular formula is C13H26N2. The number of nitrogens with one attached hydrogen (secondary N) is 1. The molecule has 0 aromatic rings. The van der Waals surface area contributed by atoms with E-state index in [0.717, 1.165) is 17.8 Å². The molecule has 0 unspecified atom stereocenters. The molecule has 15 heavy (non-hydrogen) atoms. The van der Waals surface area contributed by atoms with E-state index in [9.17, 15) is 0 Å². The van der Waals surface area contributed by atoms with Crippen molar-refractivity contribution < 1.29 is 0 Å². The molecular weight excluding hydrogens is 184 g/mol. The van der Waals surface area contributed by atoms with Crippen molar-refractivity contribution in [1.29, 1.82) is 0 Å². The Morgan fingerprint density at radius 1 is 1.20 bits per heavy atom. The number of piperidine rings is 1. The Morgan fingerprint density at radius 2 is 1.93 bits per heavy atom. The zero-order valence-corrected chi connectivity index (χ0v) is 10.3. The van der Waals surface area contributed by atoms with E-state index >= 15 is 0 Å². The van der Waals surface area contributed by atoms with E-state index in [2.05, 4.69) is 24.1 Å². The standard InChI is InChI=1S/C13H26N2/c1-11(2)13-4-7-15(8-5-13)10-12-3-6-14-9-12/h11-14H,3-10H2,1-2H3/t12-/m1/s1. The van der Waals surface area contributed by atoms with Gasteiger partial charge < -0.3 is 10.2 Å². The Morgan fingerprint density at radius 3 is 2.47 bits per heavy atom. The summed E-state index contributed by atoms with van der Waals surface area (Å²) in [5.74, 6) is 2.81. The van der Waals surface area contributed by atoms with Crippen LogP contribution >= 0.6 is 0 Å². The summed E-state index contributed by atoms with van der Waals surface area (Å²) < 4.78 is 0. The first-order valence-electron chi connectivity index (χ1n) is 6.69. The summed E-state index contributed by atoms with van der Waals surface area (Å²) >= 11 is 0. The van der Waals surface area contributed by atoms with Gasteiger partial charge in [-0.25, -0.2) is 0 Å². The first-order chi connectivity index (χ1) is 7.25. The third-order valence-electron chi connectivity index (χ3n) is 4.25. The third-order valence-corrected chi connectivity index (χ3v) is 4.25. The van der Waals surface area contributed by atoms with Gasteiger partial charge in [-0.2, -0.15) is 0 Å². The summed E-state index contributed by atoms with van der Waals surface area (Å²) in [7, 11) is 0. The molecule has 2 heterocycles. The Bertz CT molecular complexity index is 177. The molecule has 2 fully saturated rings. The first-order valence-corrected chi connectivity index (χ1v) is 6.69. The van der Waals surface area contributed by atoms with Crippen molar-refractivity contribution in [1.82, 2.24) is 10.2 Å². The maximum Gasteiger partial charge on any atom is 0.00223 e. The minimum atomic E-state index is 0.889. The van der Waals surface area contributed by atoms with Gasteiger partial charge >= 0.3 is 0 Å². The first kappa shape index (κ1) is 11.4. The van der Waals surface area contributed by atoms with E-state index in [-0.39, 0.29) is 0 Å². The maximum absolute atomic E-state index is 3.46. The van der Waals surface area contributed by atoms with E-state index < -0.39 is 0 Å². The number of nitrogens with zero attached hydrogens (tertiary/aromatic N) is 1. The van der Waals surface area contributed by atoms with Gasteiger partial charge in [0.15, 0.2) is 0 Å². The fourth-order valence-corrected chi connectivity index (χ4v) is 3.04. The Labute approximate surface area is 94.4 Å². The van der Waals surface area contributed by atoms with Crippen LogP contribution < -0.4 is 5.32 Å². The highest BCUT2D eigenvalue weighted by Gasteiger charge is 2.24. The topological polar surface area (TPSA) is 15.3 Å². The molecule has 2 heteroatoms. The van der Waals surface area contributed by atoms with Crippen LogP contribution in [0.5, 0.6) is 0 Å². The van der Waals surface area contributed by atoms with Crippen LogP contribution in [0.2, 0.25) is 0 Å². The van der Waals surface area contributed by atoms with Crippen LogP contribution in [0, 0.1) is 17.8 Å². The molecule has 1 N–H and O–H groups in total. The van der Waals surface area contributed by atoms with E-state index in [4.69, 9.17) is 0 Å². The molecule has 2 saturated heterocycles. The molecule has 0 aromatic heterocycles. The molecule has 0 amide bonds. The Hall–Kier alpha value is -0.0800. The van der Waals surface area contributed by atoms with Gasteiger partial charge in [-0.1, -0.05) is 13.8 Å². The largest absolute Gasteiger partial charge is 0.316 e. The van der Waals surface area contributed by atoms with Gasteiger partial charge in [0.05, 0.1) is 0 Å². The molecule has 0 spiro atoms. The quantitative estimate of drug-likeness (QED) is 0.766. The van der Waals surface area contributed by atoms with Crippen molar-refractivity contribution in [3.05, 3.63) is 0 Å². The van der Waals surface area contributed by atoms with Crippen LogP contribution in [0.3, 0.4) is 0 Å². The van der Waals surface area contributed by atoms with Crippen molar-refractivity contribution >= 4 is 0 Å². The van der Waals surface area contributed by atoms with E-state index in [1.807, 2.05) is 0 Å². The van der Waals surface area contributed by atoms with Crippen LogP contribution in [0.25, 0.3) is 0 Å². The highest BCUT2D eigenvalue weighted by Crippen LogP contribution is 2.25. The number of likely N-dealkylation sites (tertiary alicyclic amines) is 1. The maximum atomic E-state index is 3.46. The number of hydrogen-bond acceptors (Lipinski definition) is 2. The molecule has 0 radical (unpaired) electrons. The lowest BCUT2D eigenvalue weighted by molar-refractivity contribution is 0.142. The van der Waals surface area contributed by atoms with Gasteiger partial charge in [0.25, 0.3) is 0 Å². The smallest absolute Gasteiger partial charge is 0.00223 e. The minimum absolute atomic E-state index is 0.889. The average Bonchev–Trinajstić information content (AvgIpc) is 2.71.